The van der Waals surface area contributed by atoms with Crippen molar-refractivity contribution in [3.05, 3.63) is 0 Å². The van der Waals surface area contributed by atoms with E-state index in [1.54, 1.807) is 89.9 Å². The molecule has 7 fully saturated rings. The van der Waals surface area contributed by atoms with E-state index in [-0.39, 0.29) is 0 Å². The minimum atomic E-state index is 1.17. The maximum atomic E-state index is 1.71. The topological polar surface area (TPSA) is 0 Å². The zero-order valence-electron chi connectivity index (χ0n) is 16.8. The highest BCUT2D eigenvalue weighted by molar-refractivity contribution is 5.11. The first-order valence-corrected chi connectivity index (χ1v) is 12.9. The molecule has 0 N–H and O–H groups in total. The Labute approximate surface area is 161 Å². The van der Waals surface area contributed by atoms with E-state index in [9.17, 15) is 0 Å². The van der Waals surface area contributed by atoms with Crippen LogP contribution in [0.2, 0.25) is 0 Å². The number of hydrogen-bond acceptors (Lipinski definition) is 0. The van der Waals surface area contributed by atoms with Crippen LogP contribution in [0.5, 0.6) is 0 Å². The van der Waals surface area contributed by atoms with E-state index in [1.807, 2.05) is 0 Å². The van der Waals surface area contributed by atoms with Crippen molar-refractivity contribution < 1.29 is 0 Å². The van der Waals surface area contributed by atoms with Gasteiger partial charge in [-0.3, -0.25) is 0 Å². The summed E-state index contributed by atoms with van der Waals surface area (Å²) in [5.74, 6) is 14.2. The lowest BCUT2D eigenvalue weighted by Gasteiger charge is -2.43. The highest BCUT2D eigenvalue weighted by atomic mass is 14.7. The molecule has 0 spiro atoms. The summed E-state index contributed by atoms with van der Waals surface area (Å²) in [6.07, 6.45) is 22.8. The van der Waals surface area contributed by atoms with Gasteiger partial charge in [0.05, 0.1) is 0 Å². The van der Waals surface area contributed by atoms with Crippen LogP contribution >= 0.6 is 0 Å². The molecule has 144 valence electrons. The minimum Gasteiger partial charge on any atom is -0.0527 e. The lowest BCUT2D eigenvalue weighted by Crippen LogP contribution is -2.34. The molecule has 7 aliphatic rings. The van der Waals surface area contributed by atoms with Crippen LogP contribution in [0.1, 0.15) is 89.9 Å². The van der Waals surface area contributed by atoms with Gasteiger partial charge in [-0.2, -0.15) is 0 Å². The maximum Gasteiger partial charge on any atom is -0.0324 e. The summed E-state index contributed by atoms with van der Waals surface area (Å²) in [6.45, 7) is 0. The monoisotopic (exact) mass is 352 g/mol. The molecule has 0 bridgehead atoms. The fraction of sp³-hybridized carbons (Fsp3) is 1.00. The summed E-state index contributed by atoms with van der Waals surface area (Å²) < 4.78 is 0. The normalized spacial score (nSPS) is 62.8. The number of rotatable bonds is 0. The summed E-state index contributed by atoms with van der Waals surface area (Å²) in [5.41, 5.74) is 0. The molecule has 7 aliphatic carbocycles. The number of hydrogen-bond donors (Lipinski definition) is 0. The molecule has 0 heteroatoms. The molecule has 0 aliphatic heterocycles. The van der Waals surface area contributed by atoms with Crippen molar-refractivity contribution in [1.29, 1.82) is 0 Å². The Kier molecular flexibility index (Phi) is 3.52. The van der Waals surface area contributed by atoms with Gasteiger partial charge in [-0.1, -0.05) is 51.4 Å². The van der Waals surface area contributed by atoms with E-state index in [2.05, 4.69) is 0 Å². The molecule has 0 radical (unpaired) electrons. The highest BCUT2D eigenvalue weighted by Gasteiger charge is 2.62. The van der Waals surface area contributed by atoms with Crippen LogP contribution in [0.4, 0.5) is 0 Å². The fourth-order valence-electron chi connectivity index (χ4n) is 11.6. The van der Waals surface area contributed by atoms with Crippen LogP contribution in [-0.2, 0) is 0 Å². The van der Waals surface area contributed by atoms with Gasteiger partial charge in [0.15, 0.2) is 0 Å². The van der Waals surface area contributed by atoms with Crippen LogP contribution in [-0.4, -0.2) is 0 Å². The molecule has 26 heavy (non-hydrogen) atoms. The molecular weight excluding hydrogens is 312 g/mol. The Bertz CT molecular complexity index is 470. The molecule has 7 saturated carbocycles. The van der Waals surface area contributed by atoms with Gasteiger partial charge in [-0.25, -0.2) is 0 Å². The summed E-state index contributed by atoms with van der Waals surface area (Å²) >= 11 is 0. The first-order chi connectivity index (χ1) is 12.9. The Morgan fingerprint density at radius 2 is 0.615 bits per heavy atom. The third kappa shape index (κ3) is 1.98. The van der Waals surface area contributed by atoms with Gasteiger partial charge in [0.1, 0.15) is 0 Å². The van der Waals surface area contributed by atoms with Crippen molar-refractivity contribution in [1.82, 2.24) is 0 Å². The molecule has 0 aromatic rings. The maximum absolute atomic E-state index is 1.71. The zero-order chi connectivity index (χ0) is 16.8. The van der Waals surface area contributed by atoms with Crippen molar-refractivity contribution in [2.45, 2.75) is 89.9 Å². The van der Waals surface area contributed by atoms with Crippen molar-refractivity contribution in [2.24, 2.45) is 71.0 Å². The molecule has 0 nitrogen and oxygen atoms in total. The van der Waals surface area contributed by atoms with E-state index < -0.39 is 0 Å². The second kappa shape index (κ2) is 5.76. The Hall–Kier alpha value is 0. The van der Waals surface area contributed by atoms with E-state index in [4.69, 9.17) is 0 Å². The lowest BCUT2D eigenvalue weighted by molar-refractivity contribution is 0.0696. The summed E-state index contributed by atoms with van der Waals surface area (Å²) in [7, 11) is 0. The Balaban J connectivity index is 1.23. The Morgan fingerprint density at radius 1 is 0.308 bits per heavy atom. The first kappa shape index (κ1) is 15.9. The molecule has 8 atom stereocenters. The molecule has 0 amide bonds. The number of fused-ring (bicyclic) bond motifs is 6. The highest BCUT2D eigenvalue weighted by Crippen LogP contribution is 2.70. The van der Waals surface area contributed by atoms with Gasteiger partial charge in [0.25, 0.3) is 0 Å². The van der Waals surface area contributed by atoms with Gasteiger partial charge in [-0.05, 0) is 110 Å². The van der Waals surface area contributed by atoms with E-state index >= 15 is 0 Å². The van der Waals surface area contributed by atoms with Crippen LogP contribution in [0.25, 0.3) is 0 Å². The first-order valence-electron chi connectivity index (χ1n) is 12.9. The quantitative estimate of drug-likeness (QED) is 0.443. The average Bonchev–Trinajstić information content (AvgIpc) is 3.18. The van der Waals surface area contributed by atoms with Crippen molar-refractivity contribution in [3.8, 4) is 0 Å². The van der Waals surface area contributed by atoms with Crippen LogP contribution in [0.3, 0.4) is 0 Å². The molecule has 0 heterocycles. The van der Waals surface area contributed by atoms with Gasteiger partial charge in [-0.15, -0.1) is 0 Å². The Morgan fingerprint density at radius 3 is 0.923 bits per heavy atom. The van der Waals surface area contributed by atoms with Gasteiger partial charge in [0, 0.05) is 0 Å². The SMILES string of the molecule is C1CC2CCCC3C4CC5C(CC4C(C1)C23)C1CCCC2CCCC5C21. The molecule has 7 rings (SSSR count). The second-order valence-corrected chi connectivity index (χ2v) is 12.2. The largest absolute Gasteiger partial charge is 0.0527 e. The standard InChI is InChI=1S/C26H40/c1-5-15-6-2-10-18-22-14-24-20-12-4-8-16-7-3-11-19(26(16)20)23(24)13-21(22)17(9-1)25(15)18/h15-26H,1-14H2. The van der Waals surface area contributed by atoms with Crippen LogP contribution < -0.4 is 0 Å². The molecule has 8 unspecified atom stereocenters. The third-order valence-corrected chi connectivity index (χ3v) is 11.9. The minimum absolute atomic E-state index is 1.17. The fourth-order valence-corrected chi connectivity index (χ4v) is 11.6. The second-order valence-electron chi connectivity index (χ2n) is 12.2. The average molecular weight is 353 g/mol. The predicted molar refractivity (Wildman–Crippen MR) is 107 cm³/mol. The van der Waals surface area contributed by atoms with Crippen molar-refractivity contribution in [2.75, 3.05) is 0 Å². The smallest absolute Gasteiger partial charge is 0.0324 e. The summed E-state index contributed by atoms with van der Waals surface area (Å²) in [4.78, 5) is 0. The molecular formula is C26H40. The van der Waals surface area contributed by atoms with E-state index in [0.717, 1.165) is 0 Å². The van der Waals surface area contributed by atoms with Crippen LogP contribution in [0, 0.1) is 71.0 Å². The molecule has 0 aromatic carbocycles. The summed E-state index contributed by atoms with van der Waals surface area (Å²) in [5, 5.41) is 0. The van der Waals surface area contributed by atoms with Crippen molar-refractivity contribution in [3.63, 3.8) is 0 Å². The van der Waals surface area contributed by atoms with Crippen molar-refractivity contribution >= 4 is 0 Å². The summed E-state index contributed by atoms with van der Waals surface area (Å²) in [6, 6.07) is 0. The molecule has 0 saturated heterocycles. The zero-order valence-corrected chi connectivity index (χ0v) is 16.8. The molecule has 0 aromatic heterocycles. The van der Waals surface area contributed by atoms with E-state index in [0.29, 0.717) is 0 Å². The lowest BCUT2D eigenvalue weighted by atomic mass is 9.62. The predicted octanol–water partition coefficient (Wildman–Crippen LogP) is 6.94. The van der Waals surface area contributed by atoms with Gasteiger partial charge < -0.3 is 0 Å². The van der Waals surface area contributed by atoms with E-state index in [1.165, 1.54) is 71.0 Å². The van der Waals surface area contributed by atoms with Gasteiger partial charge >= 0.3 is 0 Å². The van der Waals surface area contributed by atoms with Crippen LogP contribution in [0.15, 0.2) is 0 Å². The third-order valence-electron chi connectivity index (χ3n) is 11.9. The van der Waals surface area contributed by atoms with Gasteiger partial charge in [0.2, 0.25) is 0 Å².